The van der Waals surface area contributed by atoms with Crippen molar-refractivity contribution in [2.75, 3.05) is 0 Å². The van der Waals surface area contributed by atoms with E-state index in [-0.39, 0.29) is 12.3 Å². The molecule has 2 nitrogen and oxygen atoms in total. The van der Waals surface area contributed by atoms with Crippen molar-refractivity contribution in [3.8, 4) is 0 Å². The van der Waals surface area contributed by atoms with Crippen LogP contribution in [0, 0.1) is 0 Å². The van der Waals surface area contributed by atoms with Crippen molar-refractivity contribution in [3.05, 3.63) is 48.0 Å². The van der Waals surface area contributed by atoms with E-state index in [2.05, 4.69) is 6.58 Å². The van der Waals surface area contributed by atoms with Crippen LogP contribution in [0.1, 0.15) is 24.8 Å². The van der Waals surface area contributed by atoms with Gasteiger partial charge in [0.15, 0.2) is 0 Å². The van der Waals surface area contributed by atoms with Crippen LogP contribution in [-0.4, -0.2) is 11.1 Å². The number of carboxylic acids is 1. The molecule has 0 heterocycles. The van der Waals surface area contributed by atoms with Gasteiger partial charge in [-0.3, -0.25) is 4.79 Å². The number of hydrogen-bond donors (Lipinski definition) is 1. The second kappa shape index (κ2) is 4.61. The number of benzene rings is 1. The zero-order valence-electron chi connectivity index (χ0n) is 8.23. The van der Waals surface area contributed by atoms with Crippen LogP contribution in [0.2, 0.25) is 0 Å². The third-order valence-corrected chi connectivity index (χ3v) is 2.18. The molecule has 1 atom stereocenters. The molecule has 0 amide bonds. The summed E-state index contributed by atoms with van der Waals surface area (Å²) in [6, 6.07) is 9.60. The standard InChI is InChI=1S/C12H14O2/c1-9(2)11(8-12(13)14)10-6-4-3-5-7-10/h3-7,11H,1,8H2,2H3,(H,13,14). The largest absolute Gasteiger partial charge is 0.481 e. The van der Waals surface area contributed by atoms with E-state index in [0.29, 0.717) is 0 Å². The molecule has 1 rings (SSSR count). The van der Waals surface area contributed by atoms with Gasteiger partial charge in [0.05, 0.1) is 6.42 Å². The van der Waals surface area contributed by atoms with Gasteiger partial charge in [0.1, 0.15) is 0 Å². The Morgan fingerprint density at radius 1 is 1.43 bits per heavy atom. The minimum atomic E-state index is -0.790. The van der Waals surface area contributed by atoms with Crippen molar-refractivity contribution < 1.29 is 9.90 Å². The molecule has 0 aliphatic heterocycles. The minimum absolute atomic E-state index is 0.0753. The zero-order valence-corrected chi connectivity index (χ0v) is 8.23. The lowest BCUT2D eigenvalue weighted by atomic mass is 9.90. The molecule has 1 unspecified atom stereocenters. The predicted octanol–water partition coefficient (Wildman–Crippen LogP) is 2.82. The Morgan fingerprint density at radius 3 is 2.43 bits per heavy atom. The van der Waals surface area contributed by atoms with Gasteiger partial charge in [-0.25, -0.2) is 0 Å². The van der Waals surface area contributed by atoms with Crippen molar-refractivity contribution in [3.63, 3.8) is 0 Å². The molecule has 1 aromatic rings. The molecular weight excluding hydrogens is 176 g/mol. The van der Waals surface area contributed by atoms with Gasteiger partial charge in [-0.05, 0) is 12.5 Å². The summed E-state index contributed by atoms with van der Waals surface area (Å²) in [6.45, 7) is 5.68. The van der Waals surface area contributed by atoms with Crippen LogP contribution in [-0.2, 0) is 4.79 Å². The number of carboxylic acid groups (broad SMARTS) is 1. The van der Waals surface area contributed by atoms with Crippen LogP contribution in [0.4, 0.5) is 0 Å². The van der Waals surface area contributed by atoms with Gasteiger partial charge in [0.2, 0.25) is 0 Å². The molecule has 0 saturated heterocycles. The number of allylic oxidation sites excluding steroid dienone is 1. The summed E-state index contributed by atoms with van der Waals surface area (Å²) < 4.78 is 0. The SMILES string of the molecule is C=C(C)C(CC(=O)O)c1ccccc1. The molecule has 74 valence electrons. The van der Waals surface area contributed by atoms with Crippen molar-refractivity contribution >= 4 is 5.97 Å². The monoisotopic (exact) mass is 190 g/mol. The minimum Gasteiger partial charge on any atom is -0.481 e. The molecule has 2 heteroatoms. The maximum atomic E-state index is 10.6. The molecule has 0 bridgehead atoms. The highest BCUT2D eigenvalue weighted by molar-refractivity contribution is 5.68. The molecule has 0 aliphatic carbocycles. The van der Waals surface area contributed by atoms with Gasteiger partial charge in [0.25, 0.3) is 0 Å². The summed E-state index contributed by atoms with van der Waals surface area (Å²) in [4.78, 5) is 10.6. The fourth-order valence-corrected chi connectivity index (χ4v) is 1.44. The van der Waals surface area contributed by atoms with Crippen LogP contribution in [0.25, 0.3) is 0 Å². The van der Waals surface area contributed by atoms with E-state index < -0.39 is 5.97 Å². The first kappa shape index (κ1) is 10.5. The average Bonchev–Trinajstić information content (AvgIpc) is 2.15. The van der Waals surface area contributed by atoms with Gasteiger partial charge in [-0.15, -0.1) is 0 Å². The second-order valence-corrected chi connectivity index (χ2v) is 3.41. The Kier molecular flexibility index (Phi) is 3.46. The first-order chi connectivity index (χ1) is 6.61. The van der Waals surface area contributed by atoms with Gasteiger partial charge >= 0.3 is 5.97 Å². The first-order valence-electron chi connectivity index (χ1n) is 4.53. The molecule has 0 saturated carbocycles. The molecule has 0 aromatic heterocycles. The topological polar surface area (TPSA) is 37.3 Å². The molecule has 0 fully saturated rings. The lowest BCUT2D eigenvalue weighted by Crippen LogP contribution is -2.06. The van der Waals surface area contributed by atoms with Crippen LogP contribution >= 0.6 is 0 Å². The highest BCUT2D eigenvalue weighted by atomic mass is 16.4. The van der Waals surface area contributed by atoms with E-state index in [1.807, 2.05) is 37.3 Å². The van der Waals surface area contributed by atoms with E-state index in [1.165, 1.54) is 0 Å². The van der Waals surface area contributed by atoms with Crippen molar-refractivity contribution in [2.24, 2.45) is 0 Å². The molecular formula is C12H14O2. The molecule has 0 aliphatic rings. The summed E-state index contributed by atoms with van der Waals surface area (Å²) >= 11 is 0. The summed E-state index contributed by atoms with van der Waals surface area (Å²) in [5, 5.41) is 8.75. The molecule has 14 heavy (non-hydrogen) atoms. The summed E-state index contributed by atoms with van der Waals surface area (Å²) in [5.41, 5.74) is 1.90. The summed E-state index contributed by atoms with van der Waals surface area (Å²) in [5.74, 6) is -0.865. The lowest BCUT2D eigenvalue weighted by molar-refractivity contribution is -0.137. The Hall–Kier alpha value is -1.57. The molecule has 0 radical (unpaired) electrons. The predicted molar refractivity (Wildman–Crippen MR) is 56.2 cm³/mol. The number of hydrogen-bond acceptors (Lipinski definition) is 1. The summed E-state index contributed by atoms with van der Waals surface area (Å²) in [6.07, 6.45) is 0.110. The molecule has 0 spiro atoms. The first-order valence-corrected chi connectivity index (χ1v) is 4.53. The zero-order chi connectivity index (χ0) is 10.6. The van der Waals surface area contributed by atoms with Gasteiger partial charge < -0.3 is 5.11 Å². The smallest absolute Gasteiger partial charge is 0.304 e. The Bertz CT molecular complexity index is 327. The van der Waals surface area contributed by atoms with Crippen LogP contribution in [0.15, 0.2) is 42.5 Å². The van der Waals surface area contributed by atoms with E-state index in [1.54, 1.807) is 0 Å². The van der Waals surface area contributed by atoms with E-state index in [4.69, 9.17) is 5.11 Å². The van der Waals surface area contributed by atoms with Crippen LogP contribution in [0.5, 0.6) is 0 Å². The Balaban J connectivity index is 2.89. The molecule has 1 aromatic carbocycles. The summed E-state index contributed by atoms with van der Waals surface area (Å²) in [7, 11) is 0. The van der Waals surface area contributed by atoms with Crippen molar-refractivity contribution in [1.82, 2.24) is 0 Å². The third-order valence-electron chi connectivity index (χ3n) is 2.18. The third kappa shape index (κ3) is 2.73. The number of aliphatic carboxylic acids is 1. The van der Waals surface area contributed by atoms with Crippen molar-refractivity contribution in [1.29, 1.82) is 0 Å². The van der Waals surface area contributed by atoms with Crippen LogP contribution < -0.4 is 0 Å². The highest BCUT2D eigenvalue weighted by Crippen LogP contribution is 2.25. The number of rotatable bonds is 4. The fourth-order valence-electron chi connectivity index (χ4n) is 1.44. The van der Waals surface area contributed by atoms with Gasteiger partial charge in [-0.1, -0.05) is 42.5 Å². The highest BCUT2D eigenvalue weighted by Gasteiger charge is 2.15. The maximum absolute atomic E-state index is 10.6. The van der Waals surface area contributed by atoms with E-state index in [0.717, 1.165) is 11.1 Å². The Morgan fingerprint density at radius 2 is 2.00 bits per heavy atom. The quantitative estimate of drug-likeness (QED) is 0.741. The maximum Gasteiger partial charge on any atom is 0.304 e. The second-order valence-electron chi connectivity index (χ2n) is 3.41. The van der Waals surface area contributed by atoms with Gasteiger partial charge in [0, 0.05) is 5.92 Å². The normalized spacial score (nSPS) is 12.1. The van der Waals surface area contributed by atoms with Crippen molar-refractivity contribution in [2.45, 2.75) is 19.3 Å². The fraction of sp³-hybridized carbons (Fsp3) is 0.250. The van der Waals surface area contributed by atoms with E-state index >= 15 is 0 Å². The van der Waals surface area contributed by atoms with E-state index in [9.17, 15) is 4.79 Å². The number of carbonyl (C=O) groups is 1. The van der Waals surface area contributed by atoms with Crippen LogP contribution in [0.3, 0.4) is 0 Å². The molecule has 1 N–H and O–H groups in total. The Labute approximate surface area is 83.9 Å². The van der Waals surface area contributed by atoms with Gasteiger partial charge in [-0.2, -0.15) is 0 Å². The lowest BCUT2D eigenvalue weighted by Gasteiger charge is -2.14. The average molecular weight is 190 g/mol.